The molecule has 1 amide bonds. The minimum atomic E-state index is -1.60. The number of halogens is 1. The summed E-state index contributed by atoms with van der Waals surface area (Å²) in [5, 5.41) is 0.177. The number of primary amides is 1. The largest absolute Gasteiger partial charge is 0.496 e. The van der Waals surface area contributed by atoms with Crippen LogP contribution in [-0.4, -0.2) is 27.1 Å². The molecule has 0 spiro atoms. The number of rotatable bonds is 7. The molecule has 0 aliphatic carbocycles. The second kappa shape index (κ2) is 8.62. The molecule has 176 valence electrons. The lowest BCUT2D eigenvalue weighted by Crippen LogP contribution is -2.54. The van der Waals surface area contributed by atoms with E-state index in [9.17, 15) is 18.8 Å². The smallest absolute Gasteiger partial charge is 0.332 e. The summed E-state index contributed by atoms with van der Waals surface area (Å²) in [5.74, 6) is -0.517. The molecule has 0 aliphatic rings. The van der Waals surface area contributed by atoms with Gasteiger partial charge in [0.05, 0.1) is 24.2 Å². The molecular formula is C24H23FN4O5. The van der Waals surface area contributed by atoms with Gasteiger partial charge in [0.2, 0.25) is 11.8 Å². The van der Waals surface area contributed by atoms with Gasteiger partial charge in [-0.25, -0.2) is 18.7 Å². The summed E-state index contributed by atoms with van der Waals surface area (Å²) >= 11 is 0. The van der Waals surface area contributed by atoms with Gasteiger partial charge in [0.25, 0.3) is 5.56 Å². The standard InChI is InChI=1S/C24H23FN4O5/c1-24(2,22(26)31)29-21(30)17-13-15(20-27-9-11-34-20)4-6-18(17)28(23(29)32)10-8-14-12-16(25)5-7-19(14)33-3/h4-7,9,11-13H,8,10H2,1-3H3,(H2,26,31). The van der Waals surface area contributed by atoms with Crippen LogP contribution in [0.2, 0.25) is 0 Å². The topological polar surface area (TPSA) is 122 Å². The van der Waals surface area contributed by atoms with E-state index in [1.165, 1.54) is 56.2 Å². The number of carbonyl (C=O) groups excluding carboxylic acids is 1. The van der Waals surface area contributed by atoms with Crippen molar-refractivity contribution in [1.82, 2.24) is 14.1 Å². The molecule has 0 radical (unpaired) electrons. The van der Waals surface area contributed by atoms with Crippen molar-refractivity contribution in [2.75, 3.05) is 7.11 Å². The monoisotopic (exact) mass is 466 g/mol. The summed E-state index contributed by atoms with van der Waals surface area (Å²) < 4.78 is 26.7. The molecular weight excluding hydrogens is 443 g/mol. The Morgan fingerprint density at radius 1 is 1.21 bits per heavy atom. The minimum Gasteiger partial charge on any atom is -0.496 e. The third-order valence-corrected chi connectivity index (χ3v) is 5.83. The highest BCUT2D eigenvalue weighted by Gasteiger charge is 2.32. The number of oxazole rings is 1. The van der Waals surface area contributed by atoms with Crippen LogP contribution in [0.4, 0.5) is 4.39 Å². The number of ether oxygens (including phenoxy) is 1. The van der Waals surface area contributed by atoms with Gasteiger partial charge >= 0.3 is 5.69 Å². The van der Waals surface area contributed by atoms with Gasteiger partial charge in [-0.2, -0.15) is 0 Å². The summed E-state index contributed by atoms with van der Waals surface area (Å²) in [5.41, 5.74) is 3.97. The molecule has 4 rings (SSSR count). The van der Waals surface area contributed by atoms with Crippen molar-refractivity contribution < 1.29 is 18.3 Å². The Morgan fingerprint density at radius 2 is 1.97 bits per heavy atom. The van der Waals surface area contributed by atoms with Crippen LogP contribution >= 0.6 is 0 Å². The number of nitrogens with two attached hydrogens (primary N) is 1. The van der Waals surface area contributed by atoms with Crippen molar-refractivity contribution in [3.8, 4) is 17.2 Å². The number of carbonyl (C=O) groups is 1. The van der Waals surface area contributed by atoms with Gasteiger partial charge in [0, 0.05) is 12.1 Å². The van der Waals surface area contributed by atoms with Crippen molar-refractivity contribution >= 4 is 16.8 Å². The lowest BCUT2D eigenvalue weighted by Gasteiger charge is -2.25. The summed E-state index contributed by atoms with van der Waals surface area (Å²) in [7, 11) is 1.47. The number of methoxy groups -OCH3 is 1. The van der Waals surface area contributed by atoms with Gasteiger partial charge in [0.15, 0.2) is 0 Å². The van der Waals surface area contributed by atoms with E-state index < -0.39 is 28.5 Å². The quantitative estimate of drug-likeness (QED) is 0.446. The average molecular weight is 466 g/mol. The molecule has 0 unspecified atom stereocenters. The van der Waals surface area contributed by atoms with Gasteiger partial charge in [-0.05, 0) is 62.2 Å². The second-order valence-electron chi connectivity index (χ2n) is 8.27. The number of aromatic nitrogens is 3. The third kappa shape index (κ3) is 3.87. The van der Waals surface area contributed by atoms with Crippen molar-refractivity contribution in [2.45, 2.75) is 32.4 Å². The van der Waals surface area contributed by atoms with Crippen LogP contribution in [0.1, 0.15) is 19.4 Å². The molecule has 0 bridgehead atoms. The summed E-state index contributed by atoms with van der Waals surface area (Å²) in [6.07, 6.45) is 3.11. The van der Waals surface area contributed by atoms with Gasteiger partial charge < -0.3 is 14.9 Å². The molecule has 2 N–H and O–H groups in total. The lowest BCUT2D eigenvalue weighted by atomic mass is 10.0. The Bertz CT molecular complexity index is 1500. The first kappa shape index (κ1) is 23.0. The number of hydrogen-bond donors (Lipinski definition) is 1. The summed E-state index contributed by atoms with van der Waals surface area (Å²) in [6, 6.07) is 8.96. The number of aryl methyl sites for hydroxylation is 2. The summed E-state index contributed by atoms with van der Waals surface area (Å²) in [4.78, 5) is 43.2. The van der Waals surface area contributed by atoms with E-state index in [2.05, 4.69) is 4.98 Å². The molecule has 34 heavy (non-hydrogen) atoms. The van der Waals surface area contributed by atoms with Crippen LogP contribution in [0.5, 0.6) is 5.75 Å². The van der Waals surface area contributed by atoms with Crippen LogP contribution in [0.3, 0.4) is 0 Å². The van der Waals surface area contributed by atoms with Crippen molar-refractivity contribution in [2.24, 2.45) is 5.73 Å². The average Bonchev–Trinajstić information content (AvgIpc) is 3.34. The second-order valence-corrected chi connectivity index (χ2v) is 8.27. The van der Waals surface area contributed by atoms with Crippen LogP contribution in [0, 0.1) is 5.82 Å². The van der Waals surface area contributed by atoms with Crippen molar-refractivity contribution in [1.29, 1.82) is 0 Å². The maximum atomic E-state index is 13.8. The summed E-state index contributed by atoms with van der Waals surface area (Å²) in [6.45, 7) is 2.90. The van der Waals surface area contributed by atoms with Crippen molar-refractivity contribution in [3.63, 3.8) is 0 Å². The first-order valence-corrected chi connectivity index (χ1v) is 10.5. The molecule has 2 aromatic carbocycles. The molecule has 0 saturated carbocycles. The van der Waals surface area contributed by atoms with Gasteiger partial charge in [0.1, 0.15) is 23.4 Å². The number of fused-ring (bicyclic) bond motifs is 1. The molecule has 0 saturated heterocycles. The molecule has 2 heterocycles. The zero-order valence-electron chi connectivity index (χ0n) is 18.9. The number of hydrogen-bond acceptors (Lipinski definition) is 6. The fraction of sp³-hybridized carbons (Fsp3) is 0.250. The fourth-order valence-corrected chi connectivity index (χ4v) is 3.87. The zero-order valence-corrected chi connectivity index (χ0v) is 18.9. The molecule has 4 aromatic rings. The Balaban J connectivity index is 1.95. The minimum absolute atomic E-state index is 0.0859. The van der Waals surface area contributed by atoms with Gasteiger partial charge in [-0.1, -0.05) is 0 Å². The number of nitrogens with zero attached hydrogens (tertiary/aromatic N) is 3. The number of benzene rings is 2. The first-order chi connectivity index (χ1) is 16.1. The van der Waals surface area contributed by atoms with E-state index in [1.54, 1.807) is 18.2 Å². The van der Waals surface area contributed by atoms with E-state index >= 15 is 0 Å². The first-order valence-electron chi connectivity index (χ1n) is 10.5. The molecule has 0 aliphatic heterocycles. The van der Waals surface area contributed by atoms with E-state index in [1.807, 2.05) is 0 Å². The normalized spacial score (nSPS) is 11.6. The van der Waals surface area contributed by atoms with Crippen LogP contribution in [-0.2, 0) is 23.3 Å². The van der Waals surface area contributed by atoms with E-state index in [-0.39, 0.29) is 18.4 Å². The highest BCUT2D eigenvalue weighted by Crippen LogP contribution is 2.24. The Morgan fingerprint density at radius 3 is 2.62 bits per heavy atom. The van der Waals surface area contributed by atoms with Crippen LogP contribution in [0.25, 0.3) is 22.4 Å². The van der Waals surface area contributed by atoms with E-state index in [4.69, 9.17) is 14.9 Å². The van der Waals surface area contributed by atoms with E-state index in [0.717, 1.165) is 4.57 Å². The lowest BCUT2D eigenvalue weighted by molar-refractivity contribution is -0.125. The Kier molecular flexibility index (Phi) is 5.82. The predicted molar refractivity (Wildman–Crippen MR) is 123 cm³/mol. The van der Waals surface area contributed by atoms with E-state index in [0.29, 0.717) is 28.3 Å². The molecule has 0 atom stereocenters. The predicted octanol–water partition coefficient (Wildman–Crippen LogP) is 2.43. The van der Waals surface area contributed by atoms with Crippen LogP contribution in [0.15, 0.2) is 62.9 Å². The maximum absolute atomic E-state index is 13.8. The van der Waals surface area contributed by atoms with Crippen LogP contribution < -0.4 is 21.7 Å². The molecule has 10 heteroatoms. The maximum Gasteiger partial charge on any atom is 0.332 e. The molecule has 9 nitrogen and oxygen atoms in total. The Labute approximate surface area is 193 Å². The third-order valence-electron chi connectivity index (χ3n) is 5.83. The number of amides is 1. The van der Waals surface area contributed by atoms with Crippen molar-refractivity contribution in [3.05, 3.63) is 81.1 Å². The fourth-order valence-electron chi connectivity index (χ4n) is 3.87. The highest BCUT2D eigenvalue weighted by atomic mass is 19.1. The Hall–Kier alpha value is -4.21. The van der Waals surface area contributed by atoms with Gasteiger partial charge in [-0.15, -0.1) is 0 Å². The molecule has 2 aromatic heterocycles. The molecule has 0 fully saturated rings. The highest BCUT2D eigenvalue weighted by molar-refractivity contribution is 5.85. The zero-order chi connectivity index (χ0) is 24.6. The van der Waals surface area contributed by atoms with Gasteiger partial charge in [-0.3, -0.25) is 14.2 Å². The SMILES string of the molecule is COc1ccc(F)cc1CCn1c(=O)n(C(C)(C)C(N)=O)c(=O)c2cc(-c3ncco3)ccc21.